The van der Waals surface area contributed by atoms with E-state index in [-0.39, 0.29) is 0 Å². The molecule has 92 valence electrons. The van der Waals surface area contributed by atoms with E-state index in [0.717, 1.165) is 0 Å². The first-order valence-electron chi connectivity index (χ1n) is 3.23. The second-order valence-electron chi connectivity index (χ2n) is 2.44. The average Bonchev–Trinajstić information content (AvgIpc) is 1.96. The van der Waals surface area contributed by atoms with Crippen molar-refractivity contribution >= 4 is 17.7 Å². The lowest BCUT2D eigenvalue weighted by Gasteiger charge is -2.22. The van der Waals surface area contributed by atoms with Crippen LogP contribution in [-0.2, 0) is 23.4 Å². The highest BCUT2D eigenvalue weighted by atomic mass is 32.2. The van der Waals surface area contributed by atoms with Gasteiger partial charge in [-0.25, -0.2) is 4.18 Å². The van der Waals surface area contributed by atoms with E-state index < -0.39 is 29.7 Å². The highest BCUT2D eigenvalue weighted by Crippen LogP contribution is 2.53. The molecule has 2 unspecified atom stereocenters. The summed E-state index contributed by atoms with van der Waals surface area (Å²) in [6.45, 7) is 0. The van der Waals surface area contributed by atoms with Crippen molar-refractivity contribution in [3.05, 3.63) is 0 Å². The molecule has 0 rings (SSSR count). The highest BCUT2D eigenvalue weighted by Gasteiger charge is 2.55. The summed E-state index contributed by atoms with van der Waals surface area (Å²) in [6, 6.07) is 0. The van der Waals surface area contributed by atoms with Crippen LogP contribution in [0.3, 0.4) is 0 Å². The smallest absolute Gasteiger partial charge is 0.322 e. The Labute approximate surface area is 83.6 Å². The molecule has 0 fully saturated rings. The summed E-state index contributed by atoms with van der Waals surface area (Å²) in [5.74, 6) is -3.41. The third kappa shape index (κ3) is 4.94. The van der Waals surface area contributed by atoms with Crippen molar-refractivity contribution in [2.75, 3.05) is 13.4 Å². The molecule has 0 bridgehead atoms. The molecule has 0 saturated carbocycles. The first kappa shape index (κ1) is 14.8. The van der Waals surface area contributed by atoms with Gasteiger partial charge in [0.1, 0.15) is 0 Å². The van der Waals surface area contributed by atoms with Crippen LogP contribution in [0.25, 0.3) is 0 Å². The van der Waals surface area contributed by atoms with E-state index in [4.69, 9.17) is 4.89 Å². The molecule has 0 spiro atoms. The summed E-state index contributed by atoms with van der Waals surface area (Å²) in [5.41, 5.74) is 0. The normalized spacial score (nSPS) is 19.6. The zero-order valence-electron chi connectivity index (χ0n) is 7.56. The van der Waals surface area contributed by atoms with Gasteiger partial charge in [0.05, 0.1) is 6.26 Å². The Morgan fingerprint density at radius 3 is 2.00 bits per heavy atom. The monoisotopic (exact) mass is 272 g/mol. The van der Waals surface area contributed by atoms with Gasteiger partial charge in [0, 0.05) is 7.11 Å². The van der Waals surface area contributed by atoms with E-state index >= 15 is 0 Å². The molecule has 11 heteroatoms. The van der Waals surface area contributed by atoms with Crippen LogP contribution in [0.2, 0.25) is 0 Å². The van der Waals surface area contributed by atoms with Crippen LogP contribution in [0.1, 0.15) is 0 Å². The van der Waals surface area contributed by atoms with Gasteiger partial charge in [-0.05, 0) is 0 Å². The summed E-state index contributed by atoms with van der Waals surface area (Å²) in [4.78, 5) is 8.71. The summed E-state index contributed by atoms with van der Waals surface area (Å²) in [6.07, 6.45) is -5.01. The van der Waals surface area contributed by atoms with Gasteiger partial charge in [-0.2, -0.15) is 21.6 Å². The van der Waals surface area contributed by atoms with Gasteiger partial charge in [0.15, 0.2) is 0 Å². The molecule has 0 saturated heterocycles. The highest BCUT2D eigenvalue weighted by molar-refractivity contribution is 7.86. The quantitative estimate of drug-likeness (QED) is 0.598. The van der Waals surface area contributed by atoms with Gasteiger partial charge in [-0.1, -0.05) is 0 Å². The molecule has 0 aromatic rings. The Bertz CT molecular complexity index is 361. The van der Waals surface area contributed by atoms with Crippen LogP contribution in [0.5, 0.6) is 0 Å². The lowest BCUT2D eigenvalue weighted by molar-refractivity contribution is -0.173. The lowest BCUT2D eigenvalue weighted by atomic mass is 10.7. The Hall–Kier alpha value is -0.150. The van der Waals surface area contributed by atoms with Crippen LogP contribution < -0.4 is 0 Å². The minimum atomic E-state index is -5.33. The van der Waals surface area contributed by atoms with Gasteiger partial charge in [0.25, 0.3) is 16.0 Å². The fourth-order valence-electron chi connectivity index (χ4n) is 0.555. The summed E-state index contributed by atoms with van der Waals surface area (Å²) in [5, 5.41) is 0. The average molecular weight is 272 g/mol. The number of alkyl halides is 3. The molecule has 2 atom stereocenters. The maximum Gasteiger partial charge on any atom is 0.427 e. The number of hydrogen-bond acceptors (Lipinski definition) is 5. The molecule has 1 N–H and O–H groups in total. The van der Waals surface area contributed by atoms with Gasteiger partial charge in [-0.3, -0.25) is 4.57 Å². The second kappa shape index (κ2) is 4.38. The Balaban J connectivity index is 5.20. The summed E-state index contributed by atoms with van der Waals surface area (Å²) in [7, 11) is -9.23. The van der Waals surface area contributed by atoms with Gasteiger partial charge in [0.2, 0.25) is 0 Å². The maximum atomic E-state index is 12.1. The van der Waals surface area contributed by atoms with Crippen LogP contribution in [0.4, 0.5) is 13.2 Å². The largest absolute Gasteiger partial charge is 0.427 e. The molecule has 0 aromatic heterocycles. The predicted octanol–water partition coefficient (Wildman–Crippen LogP) is 0.683. The van der Waals surface area contributed by atoms with Crippen molar-refractivity contribution in [1.29, 1.82) is 0 Å². The standard InChI is InChI=1S/C4H8F3O6PS/c1-12-14(8,9)3(4(5,6)7)13-15(2,10)11/h3H,1-2H3,(H,8,9). The number of halogens is 3. The van der Waals surface area contributed by atoms with Crippen molar-refractivity contribution in [3.8, 4) is 0 Å². The third-order valence-electron chi connectivity index (χ3n) is 1.10. The SMILES string of the molecule is COP(=O)(O)C(OS(C)(=O)=O)C(F)(F)F. The molecule has 0 aliphatic rings. The lowest BCUT2D eigenvalue weighted by Crippen LogP contribution is -2.33. The van der Waals surface area contributed by atoms with E-state index in [0.29, 0.717) is 13.4 Å². The van der Waals surface area contributed by atoms with Crippen molar-refractivity contribution < 1.29 is 39.8 Å². The first-order valence-corrected chi connectivity index (χ1v) is 6.69. The van der Waals surface area contributed by atoms with Crippen molar-refractivity contribution in [2.45, 2.75) is 12.0 Å². The first-order chi connectivity index (χ1) is 6.40. The molecule has 0 aliphatic carbocycles. The van der Waals surface area contributed by atoms with E-state index in [1.165, 1.54) is 0 Å². The van der Waals surface area contributed by atoms with Gasteiger partial charge < -0.3 is 9.42 Å². The van der Waals surface area contributed by atoms with E-state index in [2.05, 4.69) is 8.71 Å². The Morgan fingerprint density at radius 2 is 1.80 bits per heavy atom. The summed E-state index contributed by atoms with van der Waals surface area (Å²) >= 11 is 0. The van der Waals surface area contributed by atoms with Crippen molar-refractivity contribution in [2.24, 2.45) is 0 Å². The van der Waals surface area contributed by atoms with Crippen LogP contribution in [-0.4, -0.2) is 38.7 Å². The molecular weight excluding hydrogens is 264 g/mol. The second-order valence-corrected chi connectivity index (χ2v) is 6.00. The topological polar surface area (TPSA) is 89.9 Å². The summed E-state index contributed by atoms with van der Waals surface area (Å²) < 4.78 is 75.2. The minimum absolute atomic E-state index is 0.321. The molecule has 0 aromatic carbocycles. The fourth-order valence-corrected chi connectivity index (χ4v) is 2.46. The third-order valence-corrected chi connectivity index (χ3v) is 3.30. The molecule has 15 heavy (non-hydrogen) atoms. The molecule has 0 heterocycles. The number of rotatable bonds is 4. The van der Waals surface area contributed by atoms with Gasteiger partial charge >= 0.3 is 13.8 Å². The fraction of sp³-hybridized carbons (Fsp3) is 1.00. The predicted molar refractivity (Wildman–Crippen MR) is 42.6 cm³/mol. The Kier molecular flexibility index (Phi) is 4.34. The van der Waals surface area contributed by atoms with Crippen molar-refractivity contribution in [3.63, 3.8) is 0 Å². The van der Waals surface area contributed by atoms with Crippen LogP contribution in [0.15, 0.2) is 0 Å². The van der Waals surface area contributed by atoms with Crippen molar-refractivity contribution in [1.82, 2.24) is 0 Å². The zero-order chi connectivity index (χ0) is 12.5. The molecule has 0 radical (unpaired) electrons. The number of hydrogen-bond donors (Lipinski definition) is 1. The van der Waals surface area contributed by atoms with Crippen LogP contribution in [0, 0.1) is 0 Å². The Morgan fingerprint density at radius 1 is 1.40 bits per heavy atom. The van der Waals surface area contributed by atoms with Gasteiger partial charge in [-0.15, -0.1) is 0 Å². The molecular formula is C4H8F3O6PS. The molecule has 0 amide bonds. The van der Waals surface area contributed by atoms with E-state index in [1.807, 2.05) is 0 Å². The zero-order valence-corrected chi connectivity index (χ0v) is 9.27. The minimum Gasteiger partial charge on any atom is -0.322 e. The van der Waals surface area contributed by atoms with E-state index in [9.17, 15) is 26.2 Å². The molecule has 0 aliphatic heterocycles. The van der Waals surface area contributed by atoms with Crippen LogP contribution >= 0.6 is 7.60 Å². The van der Waals surface area contributed by atoms with E-state index in [1.54, 1.807) is 0 Å². The molecule has 6 nitrogen and oxygen atoms in total. The maximum absolute atomic E-state index is 12.1.